The molecular weight excluding hydrogens is 409 g/mol. The number of methoxy groups -OCH3 is 2. The van der Waals surface area contributed by atoms with Crippen molar-refractivity contribution < 1.29 is 19.0 Å². The molecule has 0 bridgehead atoms. The summed E-state index contributed by atoms with van der Waals surface area (Å²) < 4.78 is 17.1. The van der Waals surface area contributed by atoms with E-state index in [4.69, 9.17) is 14.2 Å². The number of ether oxygens (including phenoxy) is 3. The van der Waals surface area contributed by atoms with Crippen molar-refractivity contribution in [2.75, 3.05) is 19.5 Å². The third-order valence-corrected chi connectivity index (χ3v) is 3.87. The van der Waals surface area contributed by atoms with E-state index in [0.717, 1.165) is 3.57 Å². The number of hydrogen-bond donors (Lipinski definition) is 1. The largest absolute Gasteiger partial charge is 0.493 e. The Balaban J connectivity index is 2.01. The number of benzene rings is 2. The maximum absolute atomic E-state index is 12.2. The Morgan fingerprint density at radius 3 is 2.30 bits per heavy atom. The summed E-state index contributed by atoms with van der Waals surface area (Å²) in [7, 11) is 3.11. The van der Waals surface area contributed by atoms with Crippen LogP contribution in [0.3, 0.4) is 0 Å². The first kappa shape index (κ1) is 17.4. The first-order valence-electron chi connectivity index (χ1n) is 6.98. The molecule has 0 saturated heterocycles. The highest BCUT2D eigenvalue weighted by Crippen LogP contribution is 2.29. The molecule has 1 amide bonds. The van der Waals surface area contributed by atoms with Crippen molar-refractivity contribution in [2.45, 2.75) is 13.0 Å². The number of rotatable bonds is 6. The van der Waals surface area contributed by atoms with E-state index < -0.39 is 6.10 Å². The third-order valence-electron chi connectivity index (χ3n) is 3.15. The van der Waals surface area contributed by atoms with E-state index in [-0.39, 0.29) is 5.91 Å². The summed E-state index contributed by atoms with van der Waals surface area (Å²) in [6, 6.07) is 12.7. The lowest BCUT2D eigenvalue weighted by molar-refractivity contribution is -0.122. The van der Waals surface area contributed by atoms with Gasteiger partial charge in [-0.2, -0.15) is 0 Å². The zero-order chi connectivity index (χ0) is 16.8. The number of hydrogen-bond acceptors (Lipinski definition) is 4. The van der Waals surface area contributed by atoms with Crippen molar-refractivity contribution in [3.8, 4) is 17.2 Å². The molecule has 23 heavy (non-hydrogen) atoms. The van der Waals surface area contributed by atoms with Crippen LogP contribution >= 0.6 is 22.6 Å². The monoisotopic (exact) mass is 427 g/mol. The molecule has 1 unspecified atom stereocenters. The molecule has 2 aromatic carbocycles. The standard InChI is InChI=1S/C17H18INO4/c1-11(23-14-7-4-12(18)5-8-14)17(20)19-13-6-9-15(21-2)16(10-13)22-3/h4-11H,1-3H3,(H,19,20). The van der Waals surface area contributed by atoms with Crippen LogP contribution in [0.25, 0.3) is 0 Å². The van der Waals surface area contributed by atoms with Gasteiger partial charge in [0.15, 0.2) is 17.6 Å². The molecule has 0 heterocycles. The first-order chi connectivity index (χ1) is 11.0. The molecule has 0 aliphatic heterocycles. The number of nitrogens with one attached hydrogen (secondary N) is 1. The lowest BCUT2D eigenvalue weighted by atomic mass is 10.2. The van der Waals surface area contributed by atoms with Crippen molar-refractivity contribution >= 4 is 34.2 Å². The molecule has 2 aromatic rings. The van der Waals surface area contributed by atoms with Crippen LogP contribution in [0.4, 0.5) is 5.69 Å². The Labute approximate surface area is 149 Å². The van der Waals surface area contributed by atoms with Gasteiger partial charge in [-0.1, -0.05) is 0 Å². The van der Waals surface area contributed by atoms with Crippen molar-refractivity contribution in [3.05, 3.63) is 46.0 Å². The third kappa shape index (κ3) is 4.75. The second-order valence-electron chi connectivity index (χ2n) is 4.77. The van der Waals surface area contributed by atoms with Crippen molar-refractivity contribution in [3.63, 3.8) is 0 Å². The van der Waals surface area contributed by atoms with Gasteiger partial charge < -0.3 is 19.5 Å². The maximum atomic E-state index is 12.2. The summed E-state index contributed by atoms with van der Waals surface area (Å²) in [5.41, 5.74) is 0.616. The van der Waals surface area contributed by atoms with Gasteiger partial charge in [-0.3, -0.25) is 4.79 Å². The molecule has 0 aliphatic carbocycles. The van der Waals surface area contributed by atoms with Crippen LogP contribution in [0.2, 0.25) is 0 Å². The summed E-state index contributed by atoms with van der Waals surface area (Å²) in [6.07, 6.45) is -0.622. The van der Waals surface area contributed by atoms with Gasteiger partial charge in [-0.25, -0.2) is 0 Å². The van der Waals surface area contributed by atoms with Crippen molar-refractivity contribution in [2.24, 2.45) is 0 Å². The number of anilines is 1. The molecule has 0 spiro atoms. The van der Waals surface area contributed by atoms with Gasteiger partial charge in [0.05, 0.1) is 14.2 Å². The maximum Gasteiger partial charge on any atom is 0.265 e. The molecule has 0 fully saturated rings. The van der Waals surface area contributed by atoms with E-state index in [1.54, 1.807) is 39.3 Å². The second kappa shape index (κ2) is 8.05. The van der Waals surface area contributed by atoms with E-state index in [1.807, 2.05) is 24.3 Å². The van der Waals surface area contributed by atoms with Gasteiger partial charge in [-0.15, -0.1) is 0 Å². The molecular formula is C17H18INO4. The average Bonchev–Trinajstić information content (AvgIpc) is 2.56. The smallest absolute Gasteiger partial charge is 0.265 e. The quantitative estimate of drug-likeness (QED) is 0.715. The SMILES string of the molecule is COc1ccc(NC(=O)C(C)Oc2ccc(I)cc2)cc1OC. The molecule has 0 radical (unpaired) electrons. The van der Waals surface area contributed by atoms with Gasteiger partial charge in [0.25, 0.3) is 5.91 Å². The van der Waals surface area contributed by atoms with Gasteiger partial charge in [0.2, 0.25) is 0 Å². The van der Waals surface area contributed by atoms with Crippen molar-refractivity contribution in [1.29, 1.82) is 0 Å². The highest BCUT2D eigenvalue weighted by atomic mass is 127. The average molecular weight is 427 g/mol. The Morgan fingerprint density at radius 1 is 1.04 bits per heavy atom. The number of carbonyl (C=O) groups excluding carboxylic acids is 1. The highest BCUT2D eigenvalue weighted by Gasteiger charge is 2.16. The molecule has 0 saturated carbocycles. The molecule has 122 valence electrons. The van der Waals surface area contributed by atoms with E-state index in [1.165, 1.54) is 0 Å². The zero-order valence-corrected chi connectivity index (χ0v) is 15.3. The van der Waals surface area contributed by atoms with E-state index in [0.29, 0.717) is 22.9 Å². The Bertz CT molecular complexity index is 673. The Hall–Kier alpha value is -1.96. The second-order valence-corrected chi connectivity index (χ2v) is 6.02. The molecule has 0 aliphatic rings. The van der Waals surface area contributed by atoms with E-state index in [2.05, 4.69) is 27.9 Å². The fourth-order valence-corrected chi connectivity index (χ4v) is 2.29. The minimum atomic E-state index is -0.622. The number of amides is 1. The summed E-state index contributed by atoms with van der Waals surface area (Å²) in [6.45, 7) is 1.70. The predicted molar refractivity (Wildman–Crippen MR) is 97.4 cm³/mol. The van der Waals surface area contributed by atoms with Crippen LogP contribution in [0.15, 0.2) is 42.5 Å². The van der Waals surface area contributed by atoms with E-state index >= 15 is 0 Å². The summed E-state index contributed by atoms with van der Waals surface area (Å²) in [4.78, 5) is 12.2. The summed E-state index contributed by atoms with van der Waals surface area (Å²) in [5.74, 6) is 1.57. The zero-order valence-electron chi connectivity index (χ0n) is 13.1. The summed E-state index contributed by atoms with van der Waals surface area (Å²) in [5, 5.41) is 2.80. The van der Waals surface area contributed by atoms with Crippen LogP contribution in [0, 0.1) is 3.57 Å². The van der Waals surface area contributed by atoms with E-state index in [9.17, 15) is 4.79 Å². The molecule has 2 rings (SSSR count). The molecule has 1 atom stereocenters. The lowest BCUT2D eigenvalue weighted by Crippen LogP contribution is -2.30. The van der Waals surface area contributed by atoms with Crippen LogP contribution < -0.4 is 19.5 Å². The van der Waals surface area contributed by atoms with Gasteiger partial charge in [0.1, 0.15) is 5.75 Å². The minimum absolute atomic E-state index is 0.240. The molecule has 0 aromatic heterocycles. The summed E-state index contributed by atoms with van der Waals surface area (Å²) >= 11 is 2.21. The van der Waals surface area contributed by atoms with Crippen LogP contribution in [0.1, 0.15) is 6.92 Å². The molecule has 5 nitrogen and oxygen atoms in total. The molecule has 6 heteroatoms. The van der Waals surface area contributed by atoms with Gasteiger partial charge in [-0.05, 0) is 65.9 Å². The Kier molecular flexibility index (Phi) is 6.09. The first-order valence-corrected chi connectivity index (χ1v) is 8.06. The van der Waals surface area contributed by atoms with Crippen molar-refractivity contribution in [1.82, 2.24) is 0 Å². The molecule has 1 N–H and O–H groups in total. The number of carbonyl (C=O) groups is 1. The Morgan fingerprint density at radius 2 is 1.70 bits per heavy atom. The van der Waals surface area contributed by atoms with Crippen LogP contribution in [0.5, 0.6) is 17.2 Å². The van der Waals surface area contributed by atoms with Gasteiger partial charge in [0, 0.05) is 15.3 Å². The predicted octanol–water partition coefficient (Wildman–Crippen LogP) is 3.71. The minimum Gasteiger partial charge on any atom is -0.493 e. The fourth-order valence-electron chi connectivity index (χ4n) is 1.93. The fraction of sp³-hybridized carbons (Fsp3) is 0.235. The van der Waals surface area contributed by atoms with Crippen LogP contribution in [-0.2, 0) is 4.79 Å². The van der Waals surface area contributed by atoms with Crippen LogP contribution in [-0.4, -0.2) is 26.2 Å². The number of halogens is 1. The van der Waals surface area contributed by atoms with Gasteiger partial charge >= 0.3 is 0 Å². The lowest BCUT2D eigenvalue weighted by Gasteiger charge is -2.15. The highest BCUT2D eigenvalue weighted by molar-refractivity contribution is 14.1. The topological polar surface area (TPSA) is 56.8 Å². The normalized spacial score (nSPS) is 11.5.